The number of benzene rings is 1. The molecule has 1 N–H and O–H groups in total. The van der Waals surface area contributed by atoms with Gasteiger partial charge in [-0.3, -0.25) is 4.57 Å². The van der Waals surface area contributed by atoms with E-state index in [1.807, 2.05) is 6.07 Å². The summed E-state index contributed by atoms with van der Waals surface area (Å²) in [6.07, 6.45) is 4.12. The Morgan fingerprint density at radius 2 is 1.84 bits per heavy atom. The van der Waals surface area contributed by atoms with Gasteiger partial charge in [-0.1, -0.05) is 13.3 Å². The first-order chi connectivity index (χ1) is 14.7. The van der Waals surface area contributed by atoms with Gasteiger partial charge in [0.1, 0.15) is 12.0 Å². The largest absolute Gasteiger partial charge is 0.437 e. The summed E-state index contributed by atoms with van der Waals surface area (Å²) in [6, 6.07) is 1.95. The molecule has 1 aromatic carbocycles. The van der Waals surface area contributed by atoms with Crippen LogP contribution in [0.25, 0.3) is 22.4 Å². The molecule has 6 heteroatoms. The van der Waals surface area contributed by atoms with Crippen LogP contribution in [-0.4, -0.2) is 26.9 Å². The maximum Gasteiger partial charge on any atom is 0.353 e. The smallest absolute Gasteiger partial charge is 0.353 e. The van der Waals surface area contributed by atoms with Gasteiger partial charge in [-0.05, 0) is 81.3 Å². The number of fused-ring (bicyclic) bond motifs is 1. The molecular weight excluding hydrogens is 392 g/mol. The van der Waals surface area contributed by atoms with Crippen molar-refractivity contribution in [3.05, 3.63) is 50.6 Å². The zero-order chi connectivity index (χ0) is 22.4. The van der Waals surface area contributed by atoms with Crippen LogP contribution in [0.5, 0.6) is 0 Å². The van der Waals surface area contributed by atoms with Crippen LogP contribution in [0.2, 0.25) is 0 Å². The SMILES string of the molecule is CCCCc1c(C)c(C)c(-c2cc3cn(C4C[C@@H](O)C(C)O4)c(=O)nc3o2)c(C)c1C. The van der Waals surface area contributed by atoms with Crippen molar-refractivity contribution in [2.75, 3.05) is 0 Å². The fraction of sp³-hybridized carbons (Fsp3) is 0.520. The summed E-state index contributed by atoms with van der Waals surface area (Å²) in [6.45, 7) is 12.7. The molecule has 166 valence electrons. The molecule has 2 aromatic heterocycles. The lowest BCUT2D eigenvalue weighted by Gasteiger charge is -2.19. The third-order valence-electron chi connectivity index (χ3n) is 6.91. The maximum atomic E-state index is 12.6. The van der Waals surface area contributed by atoms with E-state index in [2.05, 4.69) is 39.6 Å². The molecule has 1 saturated heterocycles. The van der Waals surface area contributed by atoms with E-state index in [9.17, 15) is 9.90 Å². The monoisotopic (exact) mass is 424 g/mol. The zero-order valence-corrected chi connectivity index (χ0v) is 19.3. The number of aliphatic hydroxyl groups is 1. The van der Waals surface area contributed by atoms with Crippen LogP contribution in [-0.2, 0) is 11.2 Å². The van der Waals surface area contributed by atoms with Crippen LogP contribution in [0.3, 0.4) is 0 Å². The number of aromatic nitrogens is 2. The first kappa shape index (κ1) is 21.8. The highest BCUT2D eigenvalue weighted by atomic mass is 16.5. The normalized spacial score (nSPS) is 21.3. The Kier molecular flexibility index (Phi) is 5.79. The lowest BCUT2D eigenvalue weighted by atomic mass is 9.86. The lowest BCUT2D eigenvalue weighted by Crippen LogP contribution is -2.26. The number of nitrogens with zero attached hydrogens (tertiary/aromatic N) is 2. The molecule has 3 aromatic rings. The highest BCUT2D eigenvalue weighted by molar-refractivity contribution is 5.82. The second-order valence-corrected chi connectivity index (χ2v) is 8.86. The van der Waals surface area contributed by atoms with Crippen molar-refractivity contribution in [3.63, 3.8) is 0 Å². The Bertz CT molecular complexity index is 1150. The topological polar surface area (TPSA) is 77.5 Å². The predicted molar refractivity (Wildman–Crippen MR) is 121 cm³/mol. The van der Waals surface area contributed by atoms with Crippen molar-refractivity contribution in [3.8, 4) is 11.3 Å². The molecule has 1 aliphatic rings. The van der Waals surface area contributed by atoms with E-state index < -0.39 is 18.0 Å². The summed E-state index contributed by atoms with van der Waals surface area (Å²) in [4.78, 5) is 16.8. The molecule has 4 rings (SSSR count). The Hall–Kier alpha value is -2.44. The highest BCUT2D eigenvalue weighted by Crippen LogP contribution is 2.37. The van der Waals surface area contributed by atoms with Gasteiger partial charge in [0.05, 0.1) is 17.6 Å². The second kappa shape index (κ2) is 8.24. The van der Waals surface area contributed by atoms with E-state index >= 15 is 0 Å². The minimum Gasteiger partial charge on any atom is -0.437 e. The van der Waals surface area contributed by atoms with Crippen molar-refractivity contribution < 1.29 is 14.3 Å². The standard InChI is InChI=1S/C25H32N2O4/c1-7-8-9-19-13(2)15(4)23(16(5)14(19)3)21-10-18-12-27(25(29)26-24(18)31-21)22-11-20(28)17(6)30-22/h10,12,17,20,22,28H,7-9,11H2,1-6H3/t17?,20-,22?/m1/s1. The molecule has 1 aliphatic heterocycles. The number of rotatable bonds is 5. The molecule has 3 heterocycles. The van der Waals surface area contributed by atoms with E-state index in [1.165, 1.54) is 45.2 Å². The van der Waals surface area contributed by atoms with E-state index in [0.29, 0.717) is 12.1 Å². The molecule has 0 amide bonds. The van der Waals surface area contributed by atoms with Gasteiger partial charge in [0.2, 0.25) is 5.71 Å². The number of hydrogen-bond acceptors (Lipinski definition) is 5. The van der Waals surface area contributed by atoms with Crippen molar-refractivity contribution in [1.82, 2.24) is 9.55 Å². The molecule has 3 atom stereocenters. The van der Waals surface area contributed by atoms with Crippen LogP contribution in [0, 0.1) is 27.7 Å². The van der Waals surface area contributed by atoms with Crippen molar-refractivity contribution >= 4 is 11.1 Å². The Balaban J connectivity index is 1.80. The molecule has 0 spiro atoms. The van der Waals surface area contributed by atoms with E-state index in [1.54, 1.807) is 13.1 Å². The van der Waals surface area contributed by atoms with Gasteiger partial charge >= 0.3 is 5.69 Å². The van der Waals surface area contributed by atoms with Gasteiger partial charge < -0.3 is 14.3 Å². The summed E-state index contributed by atoms with van der Waals surface area (Å²) in [5.74, 6) is 0.726. The fourth-order valence-corrected chi connectivity index (χ4v) is 4.71. The van der Waals surface area contributed by atoms with Gasteiger partial charge in [-0.2, -0.15) is 4.98 Å². The van der Waals surface area contributed by atoms with Crippen molar-refractivity contribution in [2.45, 2.75) is 85.7 Å². The molecule has 1 fully saturated rings. The molecule has 0 bridgehead atoms. The Morgan fingerprint density at radius 1 is 1.16 bits per heavy atom. The molecule has 2 unspecified atom stereocenters. The van der Waals surface area contributed by atoms with Crippen LogP contribution < -0.4 is 5.69 Å². The van der Waals surface area contributed by atoms with Crippen LogP contribution in [0.15, 0.2) is 21.5 Å². The number of hydrogen-bond donors (Lipinski definition) is 1. The summed E-state index contributed by atoms with van der Waals surface area (Å²) in [5, 5.41) is 10.7. The molecule has 6 nitrogen and oxygen atoms in total. The minimum absolute atomic E-state index is 0.310. The average Bonchev–Trinajstić information content (AvgIpc) is 3.28. The maximum absolute atomic E-state index is 12.6. The van der Waals surface area contributed by atoms with E-state index in [0.717, 1.165) is 23.1 Å². The number of ether oxygens (including phenoxy) is 1. The van der Waals surface area contributed by atoms with Crippen LogP contribution >= 0.6 is 0 Å². The van der Waals surface area contributed by atoms with Crippen LogP contribution in [0.4, 0.5) is 0 Å². The van der Waals surface area contributed by atoms with Crippen molar-refractivity contribution in [2.24, 2.45) is 0 Å². The van der Waals surface area contributed by atoms with Gasteiger partial charge in [0, 0.05) is 18.2 Å². The van der Waals surface area contributed by atoms with Gasteiger partial charge in [0.15, 0.2) is 0 Å². The molecule has 0 radical (unpaired) electrons. The molecule has 0 saturated carbocycles. The third kappa shape index (κ3) is 3.72. The van der Waals surface area contributed by atoms with Crippen LogP contribution in [0.1, 0.15) is 67.2 Å². The Labute approximate surface area is 182 Å². The number of unbranched alkanes of at least 4 members (excludes halogenated alkanes) is 1. The van der Waals surface area contributed by atoms with Gasteiger partial charge in [0.25, 0.3) is 0 Å². The zero-order valence-electron chi connectivity index (χ0n) is 19.3. The molecular formula is C25H32N2O4. The molecule has 0 aliphatic carbocycles. The summed E-state index contributed by atoms with van der Waals surface area (Å²) in [5.41, 5.74) is 7.43. The minimum atomic E-state index is -0.588. The summed E-state index contributed by atoms with van der Waals surface area (Å²) in [7, 11) is 0. The number of aliphatic hydroxyl groups excluding tert-OH is 1. The summed E-state index contributed by atoms with van der Waals surface area (Å²) < 4.78 is 13.3. The second-order valence-electron chi connectivity index (χ2n) is 8.86. The number of furan rings is 1. The fourth-order valence-electron chi connectivity index (χ4n) is 4.71. The quantitative estimate of drug-likeness (QED) is 0.630. The van der Waals surface area contributed by atoms with E-state index in [4.69, 9.17) is 9.15 Å². The first-order valence-corrected chi connectivity index (χ1v) is 11.2. The average molecular weight is 425 g/mol. The first-order valence-electron chi connectivity index (χ1n) is 11.2. The highest BCUT2D eigenvalue weighted by Gasteiger charge is 2.32. The van der Waals surface area contributed by atoms with E-state index in [-0.39, 0.29) is 6.10 Å². The van der Waals surface area contributed by atoms with Crippen molar-refractivity contribution in [1.29, 1.82) is 0 Å². The lowest BCUT2D eigenvalue weighted by molar-refractivity contribution is -0.00984. The third-order valence-corrected chi connectivity index (χ3v) is 6.91. The van der Waals surface area contributed by atoms with Gasteiger partial charge in [-0.15, -0.1) is 0 Å². The predicted octanol–water partition coefficient (Wildman–Crippen LogP) is 4.90. The Morgan fingerprint density at radius 3 is 2.42 bits per heavy atom. The van der Waals surface area contributed by atoms with Gasteiger partial charge in [-0.25, -0.2) is 4.79 Å². The molecule has 31 heavy (non-hydrogen) atoms. The summed E-state index contributed by atoms with van der Waals surface area (Å²) >= 11 is 0.